The lowest BCUT2D eigenvalue weighted by Crippen LogP contribution is -2.41. The van der Waals surface area contributed by atoms with Gasteiger partial charge in [0.25, 0.3) is 11.5 Å². The number of rotatable bonds is 3. The molecule has 5 nitrogen and oxygen atoms in total. The zero-order valence-electron chi connectivity index (χ0n) is 15.8. The number of pyridine rings is 2. The van der Waals surface area contributed by atoms with Crippen molar-refractivity contribution in [1.29, 1.82) is 0 Å². The number of benzene rings is 1. The average molecular weight is 379 g/mol. The minimum atomic E-state index is -0.432. The maximum absolute atomic E-state index is 14.2. The summed E-state index contributed by atoms with van der Waals surface area (Å²) in [6.07, 6.45) is 3.46. The third-order valence-corrected chi connectivity index (χ3v) is 5.44. The first-order valence-corrected chi connectivity index (χ1v) is 9.56. The molecule has 0 N–H and O–H groups in total. The van der Waals surface area contributed by atoms with Crippen LogP contribution in [0.2, 0.25) is 0 Å². The largest absolute Gasteiger partial charge is 0.338 e. The number of likely N-dealkylation sites (tertiary alicyclic amines) is 1. The summed E-state index contributed by atoms with van der Waals surface area (Å²) >= 11 is 0. The molecule has 0 unspecified atom stereocenters. The summed E-state index contributed by atoms with van der Waals surface area (Å²) in [5, 5.41) is 0.687. The fraction of sp³-hybridized carbons (Fsp3) is 0.318. The Morgan fingerprint density at radius 2 is 1.93 bits per heavy atom. The van der Waals surface area contributed by atoms with Crippen LogP contribution in [-0.2, 0) is 6.54 Å². The van der Waals surface area contributed by atoms with Crippen molar-refractivity contribution in [3.63, 3.8) is 0 Å². The Labute approximate surface area is 162 Å². The second-order valence-electron chi connectivity index (χ2n) is 7.43. The number of aromatic nitrogens is 2. The number of piperidine rings is 1. The van der Waals surface area contributed by atoms with Gasteiger partial charge in [0.05, 0.1) is 6.54 Å². The minimum absolute atomic E-state index is 0.0250. The molecular formula is C22H22FN3O2. The lowest BCUT2D eigenvalue weighted by Gasteiger charge is -2.30. The molecule has 1 aliphatic rings. The van der Waals surface area contributed by atoms with Gasteiger partial charge in [-0.2, -0.15) is 0 Å². The first kappa shape index (κ1) is 18.3. The Hall–Kier alpha value is -3.02. The highest BCUT2D eigenvalue weighted by molar-refractivity contribution is 5.97. The summed E-state index contributed by atoms with van der Waals surface area (Å²) in [6.45, 7) is 3.50. The molecule has 0 radical (unpaired) electrons. The van der Waals surface area contributed by atoms with Crippen LogP contribution in [0.3, 0.4) is 0 Å². The van der Waals surface area contributed by atoms with Crippen molar-refractivity contribution in [2.75, 3.05) is 13.1 Å². The molecular weight excluding hydrogens is 357 g/mol. The summed E-state index contributed by atoms with van der Waals surface area (Å²) in [5.74, 6) is -0.0623. The smallest absolute Gasteiger partial charge is 0.265 e. The van der Waals surface area contributed by atoms with Crippen LogP contribution >= 0.6 is 0 Å². The number of hydrogen-bond donors (Lipinski definition) is 0. The fourth-order valence-electron chi connectivity index (χ4n) is 3.69. The molecule has 3 heterocycles. The highest BCUT2D eigenvalue weighted by atomic mass is 19.1. The van der Waals surface area contributed by atoms with Gasteiger partial charge in [-0.15, -0.1) is 0 Å². The lowest BCUT2D eigenvalue weighted by molar-refractivity contribution is 0.0695. The van der Waals surface area contributed by atoms with E-state index in [2.05, 4.69) is 11.9 Å². The van der Waals surface area contributed by atoms with Gasteiger partial charge in [0.2, 0.25) is 0 Å². The maximum Gasteiger partial charge on any atom is 0.265 e. The molecule has 0 bridgehead atoms. The fourth-order valence-corrected chi connectivity index (χ4v) is 3.69. The van der Waals surface area contributed by atoms with Crippen molar-refractivity contribution in [2.24, 2.45) is 5.92 Å². The number of nitrogens with zero attached hydrogens (tertiary/aromatic N) is 3. The number of carbonyl (C=O) groups excluding carboxylic acids is 1. The van der Waals surface area contributed by atoms with E-state index in [0.29, 0.717) is 35.6 Å². The van der Waals surface area contributed by atoms with Crippen molar-refractivity contribution in [2.45, 2.75) is 26.3 Å². The molecule has 0 atom stereocenters. The molecule has 2 aromatic heterocycles. The lowest BCUT2D eigenvalue weighted by atomic mass is 9.98. The van der Waals surface area contributed by atoms with Crippen LogP contribution in [0.15, 0.2) is 53.5 Å². The summed E-state index contributed by atoms with van der Waals surface area (Å²) in [7, 11) is 0. The molecule has 0 spiro atoms. The number of halogens is 1. The van der Waals surface area contributed by atoms with Gasteiger partial charge in [0.1, 0.15) is 17.0 Å². The van der Waals surface area contributed by atoms with Crippen molar-refractivity contribution in [3.8, 4) is 0 Å². The molecule has 1 fully saturated rings. The second kappa shape index (κ2) is 7.54. The summed E-state index contributed by atoms with van der Waals surface area (Å²) in [4.78, 5) is 32.3. The first-order valence-electron chi connectivity index (χ1n) is 9.56. The third-order valence-electron chi connectivity index (χ3n) is 5.44. The molecule has 28 heavy (non-hydrogen) atoms. The van der Waals surface area contributed by atoms with Crippen LogP contribution in [0.1, 0.15) is 35.7 Å². The van der Waals surface area contributed by atoms with Gasteiger partial charge in [-0.25, -0.2) is 9.37 Å². The first-order chi connectivity index (χ1) is 13.5. The third kappa shape index (κ3) is 3.42. The Kier molecular flexibility index (Phi) is 4.94. The molecule has 0 aliphatic carbocycles. The molecule has 0 saturated carbocycles. The predicted octanol–water partition coefficient (Wildman–Crippen LogP) is 3.46. The maximum atomic E-state index is 14.2. The Morgan fingerprint density at radius 1 is 1.18 bits per heavy atom. The molecule has 4 rings (SSSR count). The van der Waals surface area contributed by atoms with Crippen LogP contribution in [0.25, 0.3) is 11.0 Å². The molecule has 3 aromatic rings. The van der Waals surface area contributed by atoms with Gasteiger partial charge in [0.15, 0.2) is 0 Å². The van der Waals surface area contributed by atoms with Crippen molar-refractivity contribution < 1.29 is 9.18 Å². The monoisotopic (exact) mass is 379 g/mol. The Bertz CT molecular complexity index is 1080. The standard InChI is InChI=1S/C22H22FN3O2/c1-15-8-11-25(12-9-15)21(27)18-13-16-6-4-10-24-20(16)26(22(18)28)14-17-5-2-3-7-19(17)23/h2-7,10,13,15H,8-9,11-12,14H2,1H3. The number of carbonyl (C=O) groups is 1. The zero-order chi connectivity index (χ0) is 19.7. The van der Waals surface area contributed by atoms with E-state index in [0.717, 1.165) is 12.8 Å². The van der Waals surface area contributed by atoms with E-state index >= 15 is 0 Å². The molecule has 1 amide bonds. The van der Waals surface area contributed by atoms with Crippen molar-refractivity contribution in [1.82, 2.24) is 14.5 Å². The van der Waals surface area contributed by atoms with Crippen LogP contribution in [0.5, 0.6) is 0 Å². The van der Waals surface area contributed by atoms with E-state index in [4.69, 9.17) is 0 Å². The summed E-state index contributed by atoms with van der Waals surface area (Å²) in [6, 6.07) is 11.5. The normalized spacial score (nSPS) is 15.1. The van der Waals surface area contributed by atoms with Crippen LogP contribution in [0.4, 0.5) is 4.39 Å². The van der Waals surface area contributed by atoms with E-state index in [1.165, 1.54) is 10.6 Å². The van der Waals surface area contributed by atoms with Gasteiger partial charge in [0, 0.05) is 30.2 Å². The topological polar surface area (TPSA) is 55.2 Å². The van der Waals surface area contributed by atoms with Gasteiger partial charge in [-0.3, -0.25) is 14.2 Å². The van der Waals surface area contributed by atoms with E-state index in [1.807, 2.05) is 6.07 Å². The van der Waals surface area contributed by atoms with Gasteiger partial charge in [-0.05, 0) is 43.0 Å². The molecule has 6 heteroatoms. The van der Waals surface area contributed by atoms with Crippen LogP contribution in [0, 0.1) is 11.7 Å². The van der Waals surface area contributed by atoms with E-state index < -0.39 is 5.56 Å². The number of hydrogen-bond acceptors (Lipinski definition) is 3. The minimum Gasteiger partial charge on any atom is -0.338 e. The molecule has 1 aromatic carbocycles. The average Bonchev–Trinajstić information content (AvgIpc) is 2.71. The molecule has 1 saturated heterocycles. The van der Waals surface area contributed by atoms with E-state index in [1.54, 1.807) is 41.4 Å². The second-order valence-corrected chi connectivity index (χ2v) is 7.43. The zero-order valence-corrected chi connectivity index (χ0v) is 15.8. The SMILES string of the molecule is CC1CCN(C(=O)c2cc3cccnc3n(Cc3ccccc3F)c2=O)CC1. The highest BCUT2D eigenvalue weighted by Crippen LogP contribution is 2.19. The van der Waals surface area contributed by atoms with Crippen molar-refractivity contribution >= 4 is 16.9 Å². The Balaban J connectivity index is 1.80. The number of fused-ring (bicyclic) bond motifs is 1. The van der Waals surface area contributed by atoms with Crippen molar-refractivity contribution in [3.05, 3.63) is 76.0 Å². The predicted molar refractivity (Wildman–Crippen MR) is 106 cm³/mol. The van der Waals surface area contributed by atoms with Crippen LogP contribution < -0.4 is 5.56 Å². The van der Waals surface area contributed by atoms with E-state index in [9.17, 15) is 14.0 Å². The molecule has 144 valence electrons. The molecule has 1 aliphatic heterocycles. The van der Waals surface area contributed by atoms with Gasteiger partial charge in [-0.1, -0.05) is 25.1 Å². The van der Waals surface area contributed by atoms with Gasteiger partial charge >= 0.3 is 0 Å². The summed E-state index contributed by atoms with van der Waals surface area (Å²) in [5.41, 5.74) is 0.511. The van der Waals surface area contributed by atoms with Crippen LogP contribution in [-0.4, -0.2) is 33.4 Å². The summed E-state index contributed by atoms with van der Waals surface area (Å²) < 4.78 is 15.6. The number of amides is 1. The van der Waals surface area contributed by atoms with E-state index in [-0.39, 0.29) is 23.8 Å². The Morgan fingerprint density at radius 3 is 2.68 bits per heavy atom. The van der Waals surface area contributed by atoms with Gasteiger partial charge < -0.3 is 4.90 Å². The quantitative estimate of drug-likeness (QED) is 0.700. The highest BCUT2D eigenvalue weighted by Gasteiger charge is 2.25.